The Morgan fingerprint density at radius 3 is 2.55 bits per heavy atom. The fourth-order valence-electron chi connectivity index (χ4n) is 2.77. The Hall–Kier alpha value is -0.810. The van der Waals surface area contributed by atoms with Crippen molar-refractivity contribution >= 4 is 11.6 Å². The summed E-state index contributed by atoms with van der Waals surface area (Å²) in [6.45, 7) is 6.84. The number of rotatable bonds is 4. The first-order valence-electron chi connectivity index (χ1n) is 7.06. The molecule has 20 heavy (non-hydrogen) atoms. The first kappa shape index (κ1) is 15.6. The Balaban J connectivity index is 2.16. The van der Waals surface area contributed by atoms with Crippen LogP contribution < -0.4 is 5.73 Å². The van der Waals surface area contributed by atoms with Crippen LogP contribution in [-0.2, 0) is 6.42 Å². The molecule has 112 valence electrons. The molecule has 1 saturated heterocycles. The third-order valence-electron chi connectivity index (χ3n) is 4.32. The van der Waals surface area contributed by atoms with Crippen LogP contribution in [-0.4, -0.2) is 60.2 Å². The predicted molar refractivity (Wildman–Crippen MR) is 83.4 cm³/mol. The fraction of sp³-hybridized carbons (Fsp3) is 0.600. The van der Waals surface area contributed by atoms with Gasteiger partial charge in [0.05, 0.1) is 0 Å². The molecule has 1 aromatic carbocycles. The van der Waals surface area contributed by atoms with Gasteiger partial charge in [-0.2, -0.15) is 0 Å². The maximum absolute atomic E-state index is 10.0. The molecule has 1 atom stereocenters. The lowest BCUT2D eigenvalue weighted by Crippen LogP contribution is -2.59. The summed E-state index contributed by atoms with van der Waals surface area (Å²) in [7, 11) is 2.14. The van der Waals surface area contributed by atoms with Gasteiger partial charge in [-0.1, -0.05) is 11.6 Å². The highest BCUT2D eigenvalue weighted by molar-refractivity contribution is 6.30. The molecule has 1 heterocycles. The molecule has 0 amide bonds. The summed E-state index contributed by atoms with van der Waals surface area (Å²) in [5, 5.41) is 10.7. The molecule has 5 heteroatoms. The van der Waals surface area contributed by atoms with Crippen LogP contribution in [0.25, 0.3) is 0 Å². The predicted octanol–water partition coefficient (Wildman–Crippen LogP) is 1.55. The smallest absolute Gasteiger partial charge is 0.118 e. The van der Waals surface area contributed by atoms with Gasteiger partial charge < -0.3 is 15.7 Å². The van der Waals surface area contributed by atoms with Gasteiger partial charge in [0.25, 0.3) is 0 Å². The number of benzene rings is 1. The molecule has 0 spiro atoms. The van der Waals surface area contributed by atoms with Crippen LogP contribution in [0.5, 0.6) is 5.75 Å². The van der Waals surface area contributed by atoms with Gasteiger partial charge in [0.15, 0.2) is 0 Å². The summed E-state index contributed by atoms with van der Waals surface area (Å²) in [4.78, 5) is 4.75. The molecule has 0 aliphatic carbocycles. The number of phenols is 1. The number of phenolic OH excluding ortho intramolecular Hbond substituents is 1. The quantitative estimate of drug-likeness (QED) is 0.885. The average molecular weight is 298 g/mol. The molecule has 1 fully saturated rings. The van der Waals surface area contributed by atoms with E-state index in [-0.39, 0.29) is 5.54 Å². The van der Waals surface area contributed by atoms with Crippen LogP contribution in [0.1, 0.15) is 12.5 Å². The number of hydrogen-bond donors (Lipinski definition) is 2. The van der Waals surface area contributed by atoms with E-state index in [4.69, 9.17) is 17.3 Å². The minimum absolute atomic E-state index is 0.149. The first-order valence-corrected chi connectivity index (χ1v) is 7.43. The van der Waals surface area contributed by atoms with Gasteiger partial charge in [0.1, 0.15) is 5.75 Å². The van der Waals surface area contributed by atoms with E-state index in [1.165, 1.54) is 0 Å². The normalized spacial score (nSPS) is 20.8. The maximum atomic E-state index is 10.0. The Kier molecular flexibility index (Phi) is 4.91. The highest BCUT2D eigenvalue weighted by atomic mass is 35.5. The number of likely N-dealkylation sites (N-methyl/N-ethyl adjacent to an activating group) is 1. The Morgan fingerprint density at radius 1 is 1.30 bits per heavy atom. The van der Waals surface area contributed by atoms with Crippen molar-refractivity contribution in [1.82, 2.24) is 9.80 Å². The van der Waals surface area contributed by atoms with Crippen molar-refractivity contribution in [1.29, 1.82) is 0 Å². The molecule has 1 aliphatic rings. The zero-order valence-electron chi connectivity index (χ0n) is 12.3. The monoisotopic (exact) mass is 297 g/mol. The van der Waals surface area contributed by atoms with Crippen LogP contribution in [0.2, 0.25) is 5.02 Å². The molecule has 0 aromatic heterocycles. The van der Waals surface area contributed by atoms with Crippen LogP contribution in [0.3, 0.4) is 0 Å². The molecule has 2 rings (SSSR count). The second kappa shape index (κ2) is 6.31. The molecule has 1 aliphatic heterocycles. The minimum Gasteiger partial charge on any atom is -0.508 e. The number of halogens is 1. The fourth-order valence-corrected chi connectivity index (χ4v) is 2.96. The van der Waals surface area contributed by atoms with Crippen molar-refractivity contribution in [2.75, 3.05) is 39.8 Å². The molecular formula is C15H24ClN3O. The van der Waals surface area contributed by atoms with Crippen molar-refractivity contribution in [3.8, 4) is 5.75 Å². The summed E-state index contributed by atoms with van der Waals surface area (Å²) in [6, 6.07) is 5.19. The number of aromatic hydroxyl groups is 1. The van der Waals surface area contributed by atoms with E-state index in [1.54, 1.807) is 12.1 Å². The highest BCUT2D eigenvalue weighted by Gasteiger charge is 2.33. The lowest BCUT2D eigenvalue weighted by Gasteiger charge is -2.45. The zero-order chi connectivity index (χ0) is 14.8. The maximum Gasteiger partial charge on any atom is 0.118 e. The van der Waals surface area contributed by atoms with Gasteiger partial charge in [0.2, 0.25) is 0 Å². The molecule has 0 radical (unpaired) electrons. The Bertz CT molecular complexity index is 460. The number of nitrogens with zero attached hydrogens (tertiary/aromatic N) is 2. The van der Waals surface area contributed by atoms with Crippen molar-refractivity contribution in [2.45, 2.75) is 18.9 Å². The topological polar surface area (TPSA) is 52.7 Å². The van der Waals surface area contributed by atoms with E-state index >= 15 is 0 Å². The number of nitrogens with two attached hydrogens (primary N) is 1. The van der Waals surface area contributed by atoms with Crippen LogP contribution in [0.15, 0.2) is 18.2 Å². The molecule has 1 unspecified atom stereocenters. The van der Waals surface area contributed by atoms with E-state index < -0.39 is 0 Å². The van der Waals surface area contributed by atoms with Gasteiger partial charge in [0, 0.05) is 43.3 Å². The van der Waals surface area contributed by atoms with Crippen molar-refractivity contribution in [3.05, 3.63) is 28.8 Å². The Labute approximate surface area is 126 Å². The van der Waals surface area contributed by atoms with E-state index in [0.717, 1.165) is 31.7 Å². The summed E-state index contributed by atoms with van der Waals surface area (Å²) < 4.78 is 0. The van der Waals surface area contributed by atoms with Crippen LogP contribution in [0.4, 0.5) is 0 Å². The standard InChI is InChI=1S/C15H24ClN3O/c1-15(11-17,19-7-5-18(2)6-8-19)10-12-9-13(16)3-4-14(12)20/h3-4,9,20H,5-8,10-11,17H2,1-2H3. The summed E-state index contributed by atoms with van der Waals surface area (Å²) in [5.41, 5.74) is 6.75. The zero-order valence-corrected chi connectivity index (χ0v) is 13.0. The molecule has 4 nitrogen and oxygen atoms in total. The van der Waals surface area contributed by atoms with E-state index in [0.29, 0.717) is 23.7 Å². The van der Waals surface area contributed by atoms with Gasteiger partial charge in [-0.25, -0.2) is 0 Å². The lowest BCUT2D eigenvalue weighted by atomic mass is 9.89. The van der Waals surface area contributed by atoms with Crippen molar-refractivity contribution in [2.24, 2.45) is 5.73 Å². The second-order valence-corrected chi connectivity index (χ2v) is 6.38. The average Bonchev–Trinajstić information content (AvgIpc) is 2.43. The molecule has 0 bridgehead atoms. The largest absolute Gasteiger partial charge is 0.508 e. The van der Waals surface area contributed by atoms with Gasteiger partial charge in [-0.05, 0) is 44.2 Å². The van der Waals surface area contributed by atoms with Gasteiger partial charge in [-0.15, -0.1) is 0 Å². The van der Waals surface area contributed by atoms with E-state index in [2.05, 4.69) is 23.8 Å². The third kappa shape index (κ3) is 3.44. The lowest BCUT2D eigenvalue weighted by molar-refractivity contribution is 0.0556. The number of piperazine rings is 1. The number of hydrogen-bond acceptors (Lipinski definition) is 4. The van der Waals surface area contributed by atoms with Crippen molar-refractivity contribution < 1.29 is 5.11 Å². The SMILES string of the molecule is CN1CCN(C(C)(CN)Cc2cc(Cl)ccc2O)CC1. The minimum atomic E-state index is -0.149. The van der Waals surface area contributed by atoms with E-state index in [9.17, 15) is 5.11 Å². The molecule has 3 N–H and O–H groups in total. The van der Waals surface area contributed by atoms with Gasteiger partial charge >= 0.3 is 0 Å². The molecular weight excluding hydrogens is 274 g/mol. The summed E-state index contributed by atoms with van der Waals surface area (Å²) in [5.74, 6) is 0.295. The second-order valence-electron chi connectivity index (χ2n) is 5.94. The molecule has 1 aromatic rings. The van der Waals surface area contributed by atoms with Crippen LogP contribution in [0, 0.1) is 0 Å². The third-order valence-corrected chi connectivity index (χ3v) is 4.55. The van der Waals surface area contributed by atoms with Crippen molar-refractivity contribution in [3.63, 3.8) is 0 Å². The van der Waals surface area contributed by atoms with Crippen LogP contribution >= 0.6 is 11.6 Å². The molecule has 0 saturated carbocycles. The highest BCUT2D eigenvalue weighted by Crippen LogP contribution is 2.28. The summed E-state index contributed by atoms with van der Waals surface area (Å²) >= 11 is 6.03. The van der Waals surface area contributed by atoms with E-state index in [1.807, 2.05) is 6.07 Å². The Morgan fingerprint density at radius 2 is 1.95 bits per heavy atom. The summed E-state index contributed by atoms with van der Waals surface area (Å²) in [6.07, 6.45) is 0.708. The van der Waals surface area contributed by atoms with Gasteiger partial charge in [-0.3, -0.25) is 4.90 Å². The first-order chi connectivity index (χ1) is 9.44.